The molecule has 0 aliphatic carbocycles. The molecule has 270 valence electrons. The van der Waals surface area contributed by atoms with Gasteiger partial charge in [-0.15, -0.1) is 5.10 Å². The van der Waals surface area contributed by atoms with Gasteiger partial charge in [0.1, 0.15) is 18.0 Å². The number of carbonyl (C=O) groups is 5. The molecule has 13 nitrogen and oxygen atoms in total. The first-order valence-corrected chi connectivity index (χ1v) is 17.4. The highest BCUT2D eigenvalue weighted by molar-refractivity contribution is 8.15. The molecule has 14 heteroatoms. The first kappa shape index (κ1) is 36.7. The van der Waals surface area contributed by atoms with Crippen LogP contribution in [0.3, 0.4) is 0 Å². The molecule has 6 rings (SSSR count). The number of esters is 3. The van der Waals surface area contributed by atoms with Crippen molar-refractivity contribution in [1.29, 1.82) is 0 Å². The minimum atomic E-state index is -1.53. The lowest BCUT2D eigenvalue weighted by atomic mass is 10.1. The number of ether oxygens (including phenoxy) is 4. The first-order valence-electron chi connectivity index (χ1n) is 16.5. The topological polar surface area (TPSA) is 170 Å². The standard InChI is InChI=1S/C39H33N3O10S/c1-24(25-14-6-2-7-15-25)40-41-39-42(34(45)30(53-39)22-31(43)44)35-33(52-38(48)28-20-12-5-13-21-28)32(51-37(47)27-18-10-4-11-19-27)29(50-35)23-49-36(46)26-16-8-3-9-17-26/h2-21,29-30,32-33,35H,22-23H2,1H3,(H,43,44)/b40-24?,41-39+/t29-,30?,32-,33-,35-/m1/s1. The maximum Gasteiger partial charge on any atom is 0.338 e. The lowest BCUT2D eigenvalue weighted by Crippen LogP contribution is -2.50. The predicted octanol–water partition coefficient (Wildman–Crippen LogP) is 5.22. The maximum absolute atomic E-state index is 14.1. The third-order valence-electron chi connectivity index (χ3n) is 8.24. The molecule has 4 aromatic rings. The van der Waals surface area contributed by atoms with Crippen molar-refractivity contribution in [3.05, 3.63) is 144 Å². The Bertz CT molecular complexity index is 2010. The van der Waals surface area contributed by atoms with Crippen LogP contribution in [0.1, 0.15) is 50.0 Å². The highest BCUT2D eigenvalue weighted by atomic mass is 32.2. The van der Waals surface area contributed by atoms with Crippen LogP contribution in [0.2, 0.25) is 0 Å². The van der Waals surface area contributed by atoms with E-state index in [0.29, 0.717) is 5.71 Å². The van der Waals surface area contributed by atoms with E-state index >= 15 is 0 Å². The van der Waals surface area contributed by atoms with Gasteiger partial charge >= 0.3 is 23.9 Å². The number of hydrogen-bond donors (Lipinski definition) is 1. The van der Waals surface area contributed by atoms with Crippen molar-refractivity contribution in [2.24, 2.45) is 10.2 Å². The number of aliphatic carboxylic acids is 1. The maximum atomic E-state index is 14.1. The first-order chi connectivity index (χ1) is 25.7. The molecule has 0 bridgehead atoms. The third-order valence-corrected chi connectivity index (χ3v) is 9.38. The second-order valence-corrected chi connectivity index (χ2v) is 13.0. The van der Waals surface area contributed by atoms with Gasteiger partial charge in [0.05, 0.1) is 28.8 Å². The zero-order valence-electron chi connectivity index (χ0n) is 28.2. The number of hydrogen-bond acceptors (Lipinski definition) is 12. The van der Waals surface area contributed by atoms with Crippen molar-refractivity contribution in [2.45, 2.75) is 43.1 Å². The summed E-state index contributed by atoms with van der Waals surface area (Å²) in [5, 5.41) is 17.1. The molecule has 5 atom stereocenters. The molecule has 0 saturated carbocycles. The second-order valence-electron chi connectivity index (χ2n) is 11.8. The molecule has 0 radical (unpaired) electrons. The van der Waals surface area contributed by atoms with Crippen molar-refractivity contribution >= 4 is 52.4 Å². The second kappa shape index (κ2) is 16.9. The summed E-state index contributed by atoms with van der Waals surface area (Å²) in [6.45, 7) is 1.23. The van der Waals surface area contributed by atoms with Crippen LogP contribution < -0.4 is 0 Å². The summed E-state index contributed by atoms with van der Waals surface area (Å²) in [6, 6.07) is 33.4. The molecule has 1 unspecified atom stereocenters. The Labute approximate surface area is 308 Å². The molecule has 0 aromatic heterocycles. The molecule has 1 amide bonds. The summed E-state index contributed by atoms with van der Waals surface area (Å²) in [6.07, 6.45) is -6.32. The van der Waals surface area contributed by atoms with Crippen LogP contribution in [-0.4, -0.2) is 87.1 Å². The predicted molar refractivity (Wildman–Crippen MR) is 193 cm³/mol. The van der Waals surface area contributed by atoms with Gasteiger partial charge in [-0.1, -0.05) is 96.7 Å². The fourth-order valence-corrected chi connectivity index (χ4v) is 6.69. The van der Waals surface area contributed by atoms with E-state index in [0.717, 1.165) is 22.2 Å². The van der Waals surface area contributed by atoms with Gasteiger partial charge in [-0.3, -0.25) is 14.5 Å². The minimum absolute atomic E-state index is 0.0441. The van der Waals surface area contributed by atoms with Crippen LogP contribution >= 0.6 is 11.8 Å². The van der Waals surface area contributed by atoms with Gasteiger partial charge in [-0.2, -0.15) is 5.10 Å². The van der Waals surface area contributed by atoms with Gasteiger partial charge in [-0.25, -0.2) is 14.4 Å². The monoisotopic (exact) mass is 735 g/mol. The van der Waals surface area contributed by atoms with Gasteiger partial charge in [-0.05, 0) is 48.9 Å². The lowest BCUT2D eigenvalue weighted by Gasteiger charge is -2.29. The summed E-state index contributed by atoms with van der Waals surface area (Å²) in [5.74, 6) is -4.29. The van der Waals surface area contributed by atoms with E-state index < -0.39 is 72.6 Å². The molecule has 2 saturated heterocycles. The normalized spacial score (nSPS) is 22.0. The molecule has 1 N–H and O–H groups in total. The van der Waals surface area contributed by atoms with Crippen LogP contribution in [0, 0.1) is 0 Å². The molecular weight excluding hydrogens is 703 g/mol. The molecule has 4 aromatic carbocycles. The third kappa shape index (κ3) is 8.86. The number of amides is 1. The van der Waals surface area contributed by atoms with Crippen LogP contribution in [0.5, 0.6) is 0 Å². The summed E-state index contributed by atoms with van der Waals surface area (Å²) in [4.78, 5) is 67.1. The highest BCUT2D eigenvalue weighted by Gasteiger charge is 2.57. The van der Waals surface area contributed by atoms with Crippen LogP contribution in [0.4, 0.5) is 0 Å². The largest absolute Gasteiger partial charge is 0.481 e. The summed E-state index contributed by atoms with van der Waals surface area (Å²) in [7, 11) is 0. The average molecular weight is 736 g/mol. The Kier molecular flexibility index (Phi) is 11.7. The van der Waals surface area contributed by atoms with E-state index in [9.17, 15) is 29.1 Å². The average Bonchev–Trinajstić information content (AvgIpc) is 3.67. The molecule has 53 heavy (non-hydrogen) atoms. The van der Waals surface area contributed by atoms with Crippen molar-refractivity contribution in [3.63, 3.8) is 0 Å². The van der Waals surface area contributed by atoms with E-state index in [2.05, 4.69) is 10.2 Å². The van der Waals surface area contributed by atoms with E-state index in [1.807, 2.05) is 30.3 Å². The molecular formula is C39H33N3O10S. The van der Waals surface area contributed by atoms with Gasteiger partial charge in [0, 0.05) is 0 Å². The number of rotatable bonds is 12. The zero-order valence-corrected chi connectivity index (χ0v) is 29.0. The quantitative estimate of drug-likeness (QED) is 0.0876. The molecule has 0 spiro atoms. The minimum Gasteiger partial charge on any atom is -0.481 e. The summed E-state index contributed by atoms with van der Waals surface area (Å²) < 4.78 is 23.9. The Morgan fingerprint density at radius 2 is 1.19 bits per heavy atom. The Morgan fingerprint density at radius 3 is 1.70 bits per heavy atom. The van der Waals surface area contributed by atoms with E-state index in [1.165, 1.54) is 24.3 Å². The Morgan fingerprint density at radius 1 is 0.717 bits per heavy atom. The van der Waals surface area contributed by atoms with Crippen molar-refractivity contribution < 1.29 is 48.0 Å². The fourth-order valence-electron chi connectivity index (χ4n) is 5.60. The zero-order chi connectivity index (χ0) is 37.3. The SMILES string of the molecule is CC(=N/N=C1/SC(CC(=O)O)C(=O)N1[C@@H]1O[C@H](COC(=O)c2ccccc2)[C@@H](OC(=O)c2ccccc2)[C@H]1OC(=O)c1ccccc1)c1ccccc1. The molecule has 2 aliphatic rings. The van der Waals surface area contributed by atoms with Gasteiger partial charge in [0.15, 0.2) is 23.6 Å². The van der Waals surface area contributed by atoms with Crippen LogP contribution in [0.15, 0.2) is 132 Å². The number of carboxylic acid groups (broad SMARTS) is 1. The number of carboxylic acids is 1. The van der Waals surface area contributed by atoms with E-state index in [1.54, 1.807) is 73.7 Å². The molecule has 2 fully saturated rings. The van der Waals surface area contributed by atoms with Crippen molar-refractivity contribution in [1.82, 2.24) is 4.90 Å². The number of carbonyl (C=O) groups excluding carboxylic acids is 4. The van der Waals surface area contributed by atoms with Crippen LogP contribution in [0.25, 0.3) is 0 Å². The number of nitrogens with zero attached hydrogens (tertiary/aromatic N) is 3. The number of thioether (sulfide) groups is 1. The van der Waals surface area contributed by atoms with Gasteiger partial charge in [0.2, 0.25) is 5.91 Å². The van der Waals surface area contributed by atoms with Crippen molar-refractivity contribution in [2.75, 3.05) is 6.61 Å². The van der Waals surface area contributed by atoms with Gasteiger partial charge in [0.25, 0.3) is 0 Å². The highest BCUT2D eigenvalue weighted by Crippen LogP contribution is 2.38. The smallest absolute Gasteiger partial charge is 0.338 e. The fraction of sp³-hybridized carbons (Fsp3) is 0.205. The molecule has 2 heterocycles. The number of benzene rings is 4. The van der Waals surface area contributed by atoms with E-state index in [-0.39, 0.29) is 21.9 Å². The number of amidine groups is 1. The van der Waals surface area contributed by atoms with E-state index in [4.69, 9.17) is 18.9 Å². The lowest BCUT2D eigenvalue weighted by molar-refractivity contribution is -0.145. The van der Waals surface area contributed by atoms with Crippen LogP contribution in [-0.2, 0) is 28.5 Å². The Balaban J connectivity index is 1.40. The summed E-state index contributed by atoms with van der Waals surface area (Å²) in [5.41, 5.74) is 1.82. The summed E-state index contributed by atoms with van der Waals surface area (Å²) >= 11 is 0.850. The van der Waals surface area contributed by atoms with Crippen molar-refractivity contribution in [3.8, 4) is 0 Å². The van der Waals surface area contributed by atoms with Gasteiger partial charge < -0.3 is 24.1 Å². The molecule has 2 aliphatic heterocycles. The Hall–Kier alpha value is -6.12.